The largest absolute Gasteiger partial charge is 0.472 e. The Hall–Kier alpha value is -3.16. The number of nitro groups is 1. The highest BCUT2D eigenvalue weighted by Gasteiger charge is 2.29. The molecule has 1 aromatic carbocycles. The van der Waals surface area contributed by atoms with Gasteiger partial charge in [0.1, 0.15) is 6.26 Å². The molecule has 0 radical (unpaired) electrons. The molecular weight excluding hydrogens is 350 g/mol. The number of carbonyl (C=O) groups excluding carboxylic acids is 2. The van der Waals surface area contributed by atoms with E-state index in [1.165, 1.54) is 24.7 Å². The lowest BCUT2D eigenvalue weighted by atomic mass is 9.95. The highest BCUT2D eigenvalue weighted by molar-refractivity contribution is 5.94. The van der Waals surface area contributed by atoms with Crippen molar-refractivity contribution in [1.29, 1.82) is 0 Å². The van der Waals surface area contributed by atoms with E-state index in [1.54, 1.807) is 35.0 Å². The van der Waals surface area contributed by atoms with E-state index >= 15 is 0 Å². The van der Waals surface area contributed by atoms with Crippen LogP contribution in [0.2, 0.25) is 0 Å². The number of non-ortho nitro benzene ring substituents is 1. The molecule has 2 aromatic rings. The second kappa shape index (κ2) is 8.03. The second-order valence-corrected chi connectivity index (χ2v) is 6.70. The summed E-state index contributed by atoms with van der Waals surface area (Å²) < 4.78 is 4.95. The van der Waals surface area contributed by atoms with Crippen LogP contribution in [0.3, 0.4) is 0 Å². The van der Waals surface area contributed by atoms with Crippen molar-refractivity contribution in [2.45, 2.75) is 19.4 Å². The van der Waals surface area contributed by atoms with E-state index in [1.807, 2.05) is 0 Å². The molecule has 2 heterocycles. The van der Waals surface area contributed by atoms with Crippen LogP contribution >= 0.6 is 0 Å². The molecule has 142 valence electrons. The first-order valence-corrected chi connectivity index (χ1v) is 8.75. The molecule has 1 saturated heterocycles. The highest BCUT2D eigenvalue weighted by Crippen LogP contribution is 2.22. The number of nitrogens with zero attached hydrogens (tertiary/aromatic N) is 3. The van der Waals surface area contributed by atoms with E-state index < -0.39 is 4.92 Å². The third-order valence-corrected chi connectivity index (χ3v) is 4.82. The maximum atomic E-state index is 12.7. The fourth-order valence-corrected chi connectivity index (χ4v) is 3.33. The molecule has 0 unspecified atom stereocenters. The van der Waals surface area contributed by atoms with Gasteiger partial charge in [0.15, 0.2) is 0 Å². The third kappa shape index (κ3) is 4.33. The number of furan rings is 1. The van der Waals surface area contributed by atoms with Crippen molar-refractivity contribution in [2.75, 3.05) is 20.1 Å². The molecule has 1 aromatic heterocycles. The third-order valence-electron chi connectivity index (χ3n) is 4.82. The van der Waals surface area contributed by atoms with E-state index in [4.69, 9.17) is 4.42 Å². The number of rotatable bonds is 5. The number of hydrogen-bond donors (Lipinski definition) is 0. The van der Waals surface area contributed by atoms with Gasteiger partial charge < -0.3 is 14.2 Å². The molecule has 0 atom stereocenters. The molecule has 8 heteroatoms. The van der Waals surface area contributed by atoms with Crippen LogP contribution in [-0.4, -0.2) is 46.7 Å². The van der Waals surface area contributed by atoms with E-state index in [9.17, 15) is 19.7 Å². The van der Waals surface area contributed by atoms with Crippen molar-refractivity contribution in [3.63, 3.8) is 0 Å². The first kappa shape index (κ1) is 18.6. The van der Waals surface area contributed by atoms with Crippen molar-refractivity contribution < 1.29 is 18.9 Å². The van der Waals surface area contributed by atoms with Crippen molar-refractivity contribution in [1.82, 2.24) is 9.80 Å². The Bertz CT molecular complexity index is 826. The van der Waals surface area contributed by atoms with Crippen LogP contribution in [-0.2, 0) is 11.3 Å². The van der Waals surface area contributed by atoms with Gasteiger partial charge in [-0.05, 0) is 24.5 Å². The zero-order valence-corrected chi connectivity index (χ0v) is 15.0. The average molecular weight is 371 g/mol. The summed E-state index contributed by atoms with van der Waals surface area (Å²) >= 11 is 0. The number of hydrogen-bond acceptors (Lipinski definition) is 5. The lowest BCUT2D eigenvalue weighted by Crippen LogP contribution is -2.43. The molecule has 0 saturated carbocycles. The summed E-state index contributed by atoms with van der Waals surface area (Å²) in [7, 11) is 1.70. The summed E-state index contributed by atoms with van der Waals surface area (Å²) in [6.45, 7) is 1.35. The van der Waals surface area contributed by atoms with Gasteiger partial charge in [-0.25, -0.2) is 0 Å². The van der Waals surface area contributed by atoms with Crippen LogP contribution in [0.1, 0.15) is 28.8 Å². The minimum Gasteiger partial charge on any atom is -0.472 e. The minimum absolute atomic E-state index is 0.00286. The monoisotopic (exact) mass is 371 g/mol. The number of amides is 2. The van der Waals surface area contributed by atoms with Gasteiger partial charge in [0.05, 0.1) is 16.7 Å². The van der Waals surface area contributed by atoms with Crippen molar-refractivity contribution in [3.05, 3.63) is 64.1 Å². The SMILES string of the molecule is CN(Cc1cccc([N+](=O)[O-])c1)C(=O)C1CCN(C(=O)c2ccoc2)CC1. The van der Waals surface area contributed by atoms with Gasteiger partial charge in [-0.2, -0.15) is 0 Å². The summed E-state index contributed by atoms with van der Waals surface area (Å²) in [6.07, 6.45) is 4.09. The van der Waals surface area contributed by atoms with Crippen LogP contribution < -0.4 is 0 Å². The second-order valence-electron chi connectivity index (χ2n) is 6.70. The predicted molar refractivity (Wildman–Crippen MR) is 96.9 cm³/mol. The summed E-state index contributed by atoms with van der Waals surface area (Å²) in [5.74, 6) is -0.237. The fourth-order valence-electron chi connectivity index (χ4n) is 3.33. The molecular formula is C19H21N3O5. The van der Waals surface area contributed by atoms with E-state index in [2.05, 4.69) is 0 Å². The van der Waals surface area contributed by atoms with Crippen molar-refractivity contribution in [2.24, 2.45) is 5.92 Å². The van der Waals surface area contributed by atoms with Crippen LogP contribution in [0.25, 0.3) is 0 Å². The van der Waals surface area contributed by atoms with Gasteiger partial charge in [0.2, 0.25) is 5.91 Å². The zero-order chi connectivity index (χ0) is 19.4. The van der Waals surface area contributed by atoms with Crippen molar-refractivity contribution >= 4 is 17.5 Å². The van der Waals surface area contributed by atoms with Gasteiger partial charge in [0, 0.05) is 44.7 Å². The standard InChI is InChI=1S/C19H21N3O5/c1-20(12-14-3-2-4-17(11-14)22(25)26)18(23)15-5-8-21(9-6-15)19(24)16-7-10-27-13-16/h2-4,7,10-11,13,15H,5-6,8-9,12H2,1H3. The Kier molecular flexibility index (Phi) is 5.54. The molecule has 1 aliphatic heterocycles. The molecule has 2 amide bonds. The normalized spacial score (nSPS) is 14.8. The molecule has 0 bridgehead atoms. The molecule has 0 spiro atoms. The Labute approximate surface area is 156 Å². The predicted octanol–water partition coefficient (Wildman–Crippen LogP) is 2.70. The molecule has 27 heavy (non-hydrogen) atoms. The molecule has 1 fully saturated rings. The van der Waals surface area contributed by atoms with Crippen LogP contribution in [0.15, 0.2) is 47.3 Å². The molecule has 0 aliphatic carbocycles. The van der Waals surface area contributed by atoms with Gasteiger partial charge >= 0.3 is 0 Å². The number of carbonyl (C=O) groups is 2. The lowest BCUT2D eigenvalue weighted by molar-refractivity contribution is -0.384. The minimum atomic E-state index is -0.446. The zero-order valence-electron chi connectivity index (χ0n) is 15.0. The lowest BCUT2D eigenvalue weighted by Gasteiger charge is -2.33. The van der Waals surface area contributed by atoms with Crippen LogP contribution in [0.4, 0.5) is 5.69 Å². The van der Waals surface area contributed by atoms with Crippen molar-refractivity contribution in [3.8, 4) is 0 Å². The summed E-state index contributed by atoms with van der Waals surface area (Å²) in [5.41, 5.74) is 1.25. The van der Waals surface area contributed by atoms with Crippen LogP contribution in [0, 0.1) is 16.0 Å². The first-order chi connectivity index (χ1) is 13.0. The Morgan fingerprint density at radius 3 is 2.67 bits per heavy atom. The quantitative estimate of drug-likeness (QED) is 0.595. The topological polar surface area (TPSA) is 96.9 Å². The van der Waals surface area contributed by atoms with Gasteiger partial charge in [-0.1, -0.05) is 12.1 Å². The number of benzene rings is 1. The van der Waals surface area contributed by atoms with E-state index in [0.717, 1.165) is 0 Å². The Balaban J connectivity index is 1.55. The Morgan fingerprint density at radius 2 is 2.04 bits per heavy atom. The fraction of sp³-hybridized carbons (Fsp3) is 0.368. The summed E-state index contributed by atoms with van der Waals surface area (Å²) in [5, 5.41) is 10.9. The molecule has 1 aliphatic rings. The number of piperidine rings is 1. The maximum Gasteiger partial charge on any atom is 0.269 e. The van der Waals surface area contributed by atoms with E-state index in [-0.39, 0.29) is 23.4 Å². The average Bonchev–Trinajstić information content (AvgIpc) is 3.22. The molecule has 8 nitrogen and oxygen atoms in total. The molecule has 3 rings (SSSR count). The number of nitro benzene ring substituents is 1. The highest BCUT2D eigenvalue weighted by atomic mass is 16.6. The summed E-state index contributed by atoms with van der Waals surface area (Å²) in [4.78, 5) is 38.8. The Morgan fingerprint density at radius 1 is 1.30 bits per heavy atom. The van der Waals surface area contributed by atoms with E-state index in [0.29, 0.717) is 43.6 Å². The number of likely N-dealkylation sites (tertiary alicyclic amines) is 1. The van der Waals surface area contributed by atoms with Crippen LogP contribution in [0.5, 0.6) is 0 Å². The maximum absolute atomic E-state index is 12.7. The molecule has 0 N–H and O–H groups in total. The first-order valence-electron chi connectivity index (χ1n) is 8.75. The summed E-state index contributed by atoms with van der Waals surface area (Å²) in [6, 6.07) is 7.93. The van der Waals surface area contributed by atoms with Gasteiger partial charge in [0.25, 0.3) is 11.6 Å². The smallest absolute Gasteiger partial charge is 0.269 e. The van der Waals surface area contributed by atoms with Gasteiger partial charge in [-0.3, -0.25) is 19.7 Å². The van der Waals surface area contributed by atoms with Gasteiger partial charge in [-0.15, -0.1) is 0 Å².